The van der Waals surface area contributed by atoms with Crippen LogP contribution >= 0.6 is 0 Å². The van der Waals surface area contributed by atoms with Crippen molar-refractivity contribution in [3.8, 4) is 5.75 Å². The second-order valence-electron chi connectivity index (χ2n) is 5.73. The Labute approximate surface area is 146 Å². The maximum absolute atomic E-state index is 14.1. The van der Waals surface area contributed by atoms with Gasteiger partial charge < -0.3 is 9.84 Å². The predicted molar refractivity (Wildman–Crippen MR) is 86.6 cm³/mol. The maximum atomic E-state index is 14.1. The highest BCUT2D eigenvalue weighted by Gasteiger charge is 2.51. The van der Waals surface area contributed by atoms with Crippen LogP contribution in [0.2, 0.25) is 0 Å². The Morgan fingerprint density at radius 2 is 1.88 bits per heavy atom. The fraction of sp³-hybridized carbons (Fsp3) is 0.167. The number of carboxylic acid groups (broad SMARTS) is 1. The van der Waals surface area contributed by atoms with E-state index in [1.165, 1.54) is 49.4 Å². The summed E-state index contributed by atoms with van der Waals surface area (Å²) in [5.74, 6) is -3.63. The van der Waals surface area contributed by atoms with Gasteiger partial charge in [0.2, 0.25) is 0 Å². The second-order valence-corrected chi connectivity index (χ2v) is 5.73. The highest BCUT2D eigenvalue weighted by Crippen LogP contribution is 2.42. The van der Waals surface area contributed by atoms with Crippen molar-refractivity contribution in [1.82, 2.24) is 0 Å². The molecule has 0 saturated heterocycles. The van der Waals surface area contributed by atoms with Gasteiger partial charge in [0.25, 0.3) is 0 Å². The summed E-state index contributed by atoms with van der Waals surface area (Å²) in [7, 11) is 0. The number of carboxylic acids is 1. The van der Waals surface area contributed by atoms with Crippen LogP contribution in [0.25, 0.3) is 0 Å². The van der Waals surface area contributed by atoms with Crippen molar-refractivity contribution in [2.45, 2.75) is 19.6 Å². The lowest BCUT2D eigenvalue weighted by Crippen LogP contribution is -2.50. The van der Waals surface area contributed by atoms with Crippen LogP contribution in [0, 0.1) is 0 Å². The number of aromatic carboxylic acids is 1. The Bertz CT molecular complexity index is 926. The minimum atomic E-state index is -4.14. The van der Waals surface area contributed by atoms with Gasteiger partial charge in [-0.25, -0.2) is 4.79 Å². The molecule has 0 saturated carbocycles. The number of hydrogen-bond acceptors (Lipinski definition) is 4. The number of halogens is 2. The maximum Gasteiger partial charge on any atom is 0.483 e. The third kappa shape index (κ3) is 3.01. The van der Waals surface area contributed by atoms with E-state index < -0.39 is 23.8 Å². The third-order valence-electron chi connectivity index (χ3n) is 3.90. The molecule has 1 heterocycles. The highest BCUT2D eigenvalue weighted by atomic mass is 19.3. The molecule has 1 N–H and O–H groups in total. The molecule has 8 heteroatoms. The Morgan fingerprint density at radius 3 is 2.54 bits per heavy atom. The zero-order valence-electron chi connectivity index (χ0n) is 13.5. The standard InChI is InChI=1S/C18H13F2NO5/c1-10(22)13-6-3-7-14-15(13)26-18(19,20)17(25)21(14)9-11-4-2-5-12(8-11)16(23)24/h2-8H,9H2,1H3,(H,23,24). The molecule has 2 aromatic carbocycles. The number of fused-ring (bicyclic) bond motifs is 1. The number of ether oxygens (including phenoxy) is 1. The third-order valence-corrected chi connectivity index (χ3v) is 3.90. The number of rotatable bonds is 4. The van der Waals surface area contributed by atoms with Gasteiger partial charge in [0.1, 0.15) is 0 Å². The molecule has 0 radical (unpaired) electrons. The van der Waals surface area contributed by atoms with E-state index in [9.17, 15) is 23.2 Å². The molecule has 134 valence electrons. The largest absolute Gasteiger partial charge is 0.483 e. The molecule has 1 aliphatic heterocycles. The number of carbonyl (C=O) groups excluding carboxylic acids is 2. The number of nitrogens with zero attached hydrogens (tertiary/aromatic N) is 1. The second kappa shape index (κ2) is 6.21. The zero-order valence-corrected chi connectivity index (χ0v) is 13.5. The first-order valence-corrected chi connectivity index (χ1v) is 7.55. The minimum Gasteiger partial charge on any atom is -0.478 e. The molecule has 0 atom stereocenters. The van der Waals surface area contributed by atoms with Crippen molar-refractivity contribution < 1.29 is 33.0 Å². The molecule has 1 amide bonds. The van der Waals surface area contributed by atoms with Crippen molar-refractivity contribution in [1.29, 1.82) is 0 Å². The SMILES string of the molecule is CC(=O)c1cccc2c1OC(F)(F)C(=O)N2Cc1cccc(C(=O)O)c1. The average molecular weight is 361 g/mol. The predicted octanol–water partition coefficient (Wildman–Crippen LogP) is 3.11. The Morgan fingerprint density at radius 1 is 1.19 bits per heavy atom. The Kier molecular flexibility index (Phi) is 4.19. The van der Waals surface area contributed by atoms with Crippen LogP contribution in [-0.4, -0.2) is 28.9 Å². The molecule has 0 unspecified atom stereocenters. The topological polar surface area (TPSA) is 83.9 Å². The van der Waals surface area contributed by atoms with E-state index >= 15 is 0 Å². The van der Waals surface area contributed by atoms with Crippen molar-refractivity contribution in [3.63, 3.8) is 0 Å². The van der Waals surface area contributed by atoms with Crippen LogP contribution < -0.4 is 9.64 Å². The molecule has 0 aromatic heterocycles. The summed E-state index contributed by atoms with van der Waals surface area (Å²) in [6.07, 6.45) is -4.14. The van der Waals surface area contributed by atoms with E-state index in [4.69, 9.17) is 5.11 Å². The van der Waals surface area contributed by atoms with Gasteiger partial charge in [-0.15, -0.1) is 0 Å². The number of para-hydroxylation sites is 1. The molecule has 3 rings (SSSR count). The number of carbonyl (C=O) groups is 3. The quantitative estimate of drug-likeness (QED) is 0.846. The van der Waals surface area contributed by atoms with Gasteiger partial charge >= 0.3 is 18.0 Å². The first-order chi connectivity index (χ1) is 12.2. The summed E-state index contributed by atoms with van der Waals surface area (Å²) in [4.78, 5) is 35.7. The molecular weight excluding hydrogens is 348 g/mol. The van der Waals surface area contributed by atoms with Crippen molar-refractivity contribution in [2.75, 3.05) is 4.90 Å². The number of hydrogen-bond donors (Lipinski definition) is 1. The number of Topliss-reactive ketones (excluding diaryl/α,β-unsaturated/α-hetero) is 1. The summed E-state index contributed by atoms with van der Waals surface area (Å²) in [5.41, 5.74) is 0.260. The van der Waals surface area contributed by atoms with Crippen LogP contribution in [0.3, 0.4) is 0 Å². The Balaban J connectivity index is 2.08. The van der Waals surface area contributed by atoms with E-state index in [1.807, 2.05) is 0 Å². The molecule has 1 aliphatic rings. The van der Waals surface area contributed by atoms with E-state index in [0.717, 1.165) is 4.90 Å². The molecule has 2 aromatic rings. The normalized spacial score (nSPS) is 15.2. The van der Waals surface area contributed by atoms with Gasteiger partial charge in [-0.1, -0.05) is 18.2 Å². The van der Waals surface area contributed by atoms with Crippen LogP contribution in [0.15, 0.2) is 42.5 Å². The minimum absolute atomic E-state index is 0.0225. The van der Waals surface area contributed by atoms with Crippen LogP contribution in [0.1, 0.15) is 33.2 Å². The summed E-state index contributed by atoms with van der Waals surface area (Å²) in [6.45, 7) is 0.904. The lowest BCUT2D eigenvalue weighted by molar-refractivity contribution is -0.193. The summed E-state index contributed by atoms with van der Waals surface area (Å²) in [5, 5.41) is 9.05. The van der Waals surface area contributed by atoms with Crippen molar-refractivity contribution in [2.24, 2.45) is 0 Å². The number of alkyl halides is 2. The molecule has 6 nitrogen and oxygen atoms in total. The van der Waals surface area contributed by atoms with Gasteiger partial charge in [0.15, 0.2) is 11.5 Å². The zero-order chi connectivity index (χ0) is 19.1. The van der Waals surface area contributed by atoms with Crippen LogP contribution in [0.4, 0.5) is 14.5 Å². The van der Waals surface area contributed by atoms with Crippen molar-refractivity contribution >= 4 is 23.3 Å². The summed E-state index contributed by atoms with van der Waals surface area (Å²) < 4.78 is 32.6. The molecule has 0 spiro atoms. The highest BCUT2D eigenvalue weighted by molar-refractivity contribution is 6.05. The molecule has 26 heavy (non-hydrogen) atoms. The van der Waals surface area contributed by atoms with Crippen LogP contribution in [0.5, 0.6) is 5.75 Å². The number of anilines is 1. The van der Waals surface area contributed by atoms with Gasteiger partial charge in [-0.3, -0.25) is 14.5 Å². The molecule has 0 aliphatic carbocycles. The first-order valence-electron chi connectivity index (χ1n) is 7.55. The first kappa shape index (κ1) is 17.5. The van der Waals surface area contributed by atoms with E-state index in [0.29, 0.717) is 5.56 Å². The number of ketones is 1. The van der Waals surface area contributed by atoms with Crippen LogP contribution in [-0.2, 0) is 11.3 Å². The fourth-order valence-corrected chi connectivity index (χ4v) is 2.70. The van der Waals surface area contributed by atoms with E-state index in [-0.39, 0.29) is 29.1 Å². The summed E-state index contributed by atoms with van der Waals surface area (Å²) >= 11 is 0. The van der Waals surface area contributed by atoms with E-state index in [2.05, 4.69) is 4.74 Å². The lowest BCUT2D eigenvalue weighted by Gasteiger charge is -2.34. The molecule has 0 fully saturated rings. The van der Waals surface area contributed by atoms with Gasteiger partial charge in [0.05, 0.1) is 23.4 Å². The monoisotopic (exact) mass is 361 g/mol. The van der Waals surface area contributed by atoms with Crippen molar-refractivity contribution in [3.05, 3.63) is 59.2 Å². The fourth-order valence-electron chi connectivity index (χ4n) is 2.70. The van der Waals surface area contributed by atoms with Gasteiger partial charge in [-0.2, -0.15) is 8.78 Å². The van der Waals surface area contributed by atoms with Gasteiger partial charge in [0, 0.05) is 0 Å². The number of benzene rings is 2. The average Bonchev–Trinajstić information content (AvgIpc) is 2.58. The number of amides is 1. The van der Waals surface area contributed by atoms with Gasteiger partial charge in [-0.05, 0) is 36.8 Å². The smallest absolute Gasteiger partial charge is 0.478 e. The summed E-state index contributed by atoms with van der Waals surface area (Å²) in [6, 6.07) is 9.78. The molecule has 0 bridgehead atoms. The molecular formula is C18H13F2NO5. The Hall–Kier alpha value is -3.29. The van der Waals surface area contributed by atoms with E-state index in [1.54, 1.807) is 0 Å². The lowest BCUT2D eigenvalue weighted by atomic mass is 10.1.